The fourth-order valence-corrected chi connectivity index (χ4v) is 3.09. The van der Waals surface area contributed by atoms with Crippen molar-refractivity contribution in [1.29, 1.82) is 0 Å². The first kappa shape index (κ1) is 19.4. The number of anilines is 1. The quantitative estimate of drug-likeness (QED) is 0.478. The van der Waals surface area contributed by atoms with Crippen LogP contribution in [0, 0.1) is 6.92 Å². The summed E-state index contributed by atoms with van der Waals surface area (Å²) in [6, 6.07) is 18.3. The summed E-state index contributed by atoms with van der Waals surface area (Å²) < 4.78 is 5.68. The van der Waals surface area contributed by atoms with Crippen LogP contribution in [-0.4, -0.2) is 18.0 Å². The molecule has 2 aromatic carbocycles. The fourth-order valence-electron chi connectivity index (χ4n) is 2.31. The van der Waals surface area contributed by atoms with Crippen molar-refractivity contribution in [3.05, 3.63) is 77.6 Å². The highest BCUT2D eigenvalue weighted by Crippen LogP contribution is 2.28. The number of nitrogens with zero attached hydrogens (tertiary/aromatic N) is 1. The minimum Gasteiger partial charge on any atom is -0.448 e. The summed E-state index contributed by atoms with van der Waals surface area (Å²) in [7, 11) is 0. The molecule has 2 N–H and O–H groups in total. The SMILES string of the molecule is CC(=O)Nc1ccc(C(=O)NN=Cc2ccc(Sc3ccc(C)cc3)o2)cc1. The van der Waals surface area contributed by atoms with E-state index >= 15 is 0 Å². The van der Waals surface area contributed by atoms with Crippen LogP contribution < -0.4 is 10.7 Å². The van der Waals surface area contributed by atoms with E-state index in [4.69, 9.17) is 4.42 Å². The van der Waals surface area contributed by atoms with Crippen molar-refractivity contribution in [1.82, 2.24) is 5.43 Å². The second-order valence-corrected chi connectivity index (χ2v) is 7.11. The van der Waals surface area contributed by atoms with Crippen molar-refractivity contribution in [2.24, 2.45) is 5.10 Å². The van der Waals surface area contributed by atoms with Gasteiger partial charge in [-0.1, -0.05) is 29.5 Å². The first-order valence-corrected chi connectivity index (χ1v) is 9.37. The highest BCUT2D eigenvalue weighted by atomic mass is 32.2. The zero-order chi connectivity index (χ0) is 19.9. The molecule has 0 saturated heterocycles. The number of nitrogens with one attached hydrogen (secondary N) is 2. The van der Waals surface area contributed by atoms with Crippen molar-refractivity contribution in [3.63, 3.8) is 0 Å². The van der Waals surface area contributed by atoms with E-state index in [9.17, 15) is 9.59 Å². The fraction of sp³-hybridized carbons (Fsp3) is 0.0952. The molecule has 0 spiro atoms. The van der Waals surface area contributed by atoms with Gasteiger partial charge >= 0.3 is 0 Å². The topological polar surface area (TPSA) is 83.7 Å². The third-order valence-electron chi connectivity index (χ3n) is 3.67. The molecule has 6 nitrogen and oxygen atoms in total. The molecule has 0 atom stereocenters. The number of hydrogen-bond acceptors (Lipinski definition) is 5. The molecule has 0 bridgehead atoms. The largest absolute Gasteiger partial charge is 0.448 e. The summed E-state index contributed by atoms with van der Waals surface area (Å²) in [5, 5.41) is 7.31. The average Bonchev–Trinajstić information content (AvgIpc) is 3.11. The number of furan rings is 1. The van der Waals surface area contributed by atoms with Gasteiger partial charge in [0.05, 0.1) is 6.21 Å². The molecule has 2 amide bonds. The summed E-state index contributed by atoms with van der Waals surface area (Å²) in [6.45, 7) is 3.47. The number of amides is 2. The third-order valence-corrected chi connectivity index (χ3v) is 4.60. The van der Waals surface area contributed by atoms with Crippen LogP contribution in [0.3, 0.4) is 0 Å². The Labute approximate surface area is 167 Å². The Hall–Kier alpha value is -3.32. The highest BCUT2D eigenvalue weighted by Gasteiger charge is 2.06. The maximum absolute atomic E-state index is 12.1. The van der Waals surface area contributed by atoms with Crippen LogP contribution in [0.15, 0.2) is 80.2 Å². The van der Waals surface area contributed by atoms with Crippen molar-refractivity contribution in [2.75, 3.05) is 5.32 Å². The molecule has 0 saturated carbocycles. The number of carbonyl (C=O) groups excluding carboxylic acids is 2. The minimum absolute atomic E-state index is 0.167. The predicted molar refractivity (Wildman–Crippen MR) is 110 cm³/mol. The lowest BCUT2D eigenvalue weighted by atomic mass is 10.2. The van der Waals surface area contributed by atoms with E-state index in [0.717, 1.165) is 9.99 Å². The Morgan fingerprint density at radius 1 is 1.00 bits per heavy atom. The van der Waals surface area contributed by atoms with Gasteiger partial charge in [-0.25, -0.2) is 5.43 Å². The average molecular weight is 393 g/mol. The standard InChI is InChI=1S/C21H19N3O3S/c1-14-3-10-19(11-4-14)28-20-12-9-18(27-20)13-22-24-21(26)16-5-7-17(8-6-16)23-15(2)25/h3-13H,1-2H3,(H,23,25)(H,24,26). The Bertz CT molecular complexity index is 992. The number of rotatable bonds is 6. The van der Waals surface area contributed by atoms with Gasteiger partial charge in [0, 0.05) is 23.1 Å². The van der Waals surface area contributed by atoms with Gasteiger partial charge in [0.15, 0.2) is 5.09 Å². The summed E-state index contributed by atoms with van der Waals surface area (Å²) in [4.78, 5) is 24.2. The molecule has 0 unspecified atom stereocenters. The van der Waals surface area contributed by atoms with Crippen molar-refractivity contribution in [3.8, 4) is 0 Å². The number of hydrazone groups is 1. The van der Waals surface area contributed by atoms with Gasteiger partial charge in [0.25, 0.3) is 5.91 Å². The van der Waals surface area contributed by atoms with Gasteiger partial charge in [-0.2, -0.15) is 5.10 Å². The zero-order valence-electron chi connectivity index (χ0n) is 15.4. The molecule has 1 heterocycles. The lowest BCUT2D eigenvalue weighted by Crippen LogP contribution is -2.17. The summed E-state index contributed by atoms with van der Waals surface area (Å²) in [5.74, 6) is 0.0162. The molecular formula is C21H19N3O3S. The molecule has 0 aliphatic rings. The summed E-state index contributed by atoms with van der Waals surface area (Å²) >= 11 is 1.51. The summed E-state index contributed by atoms with van der Waals surface area (Å²) in [6.07, 6.45) is 1.45. The maximum atomic E-state index is 12.1. The molecule has 3 rings (SSSR count). The number of benzene rings is 2. The van der Waals surface area contributed by atoms with Crippen LogP contribution in [0.5, 0.6) is 0 Å². The van der Waals surface area contributed by atoms with Crippen LogP contribution in [0.1, 0.15) is 28.6 Å². The van der Waals surface area contributed by atoms with E-state index in [1.807, 2.05) is 37.3 Å². The lowest BCUT2D eigenvalue weighted by molar-refractivity contribution is -0.114. The normalized spacial score (nSPS) is 10.8. The number of hydrogen-bond donors (Lipinski definition) is 2. The molecule has 0 fully saturated rings. The van der Waals surface area contributed by atoms with Gasteiger partial charge in [-0.15, -0.1) is 0 Å². The van der Waals surface area contributed by atoms with E-state index in [1.165, 1.54) is 30.5 Å². The predicted octanol–water partition coefficient (Wildman–Crippen LogP) is 4.46. The van der Waals surface area contributed by atoms with Gasteiger partial charge < -0.3 is 9.73 Å². The summed E-state index contributed by atoms with van der Waals surface area (Å²) in [5.41, 5.74) is 4.71. The maximum Gasteiger partial charge on any atom is 0.271 e. The van der Waals surface area contributed by atoms with Crippen LogP contribution in [0.25, 0.3) is 0 Å². The van der Waals surface area contributed by atoms with Crippen molar-refractivity contribution < 1.29 is 14.0 Å². The van der Waals surface area contributed by atoms with E-state index in [-0.39, 0.29) is 11.8 Å². The first-order valence-electron chi connectivity index (χ1n) is 8.55. The Morgan fingerprint density at radius 2 is 1.71 bits per heavy atom. The van der Waals surface area contributed by atoms with E-state index < -0.39 is 0 Å². The smallest absolute Gasteiger partial charge is 0.271 e. The van der Waals surface area contributed by atoms with Gasteiger partial charge in [0.2, 0.25) is 5.91 Å². The Morgan fingerprint density at radius 3 is 2.39 bits per heavy atom. The second kappa shape index (κ2) is 9.05. The van der Waals surface area contributed by atoms with Crippen LogP contribution in [0.4, 0.5) is 5.69 Å². The zero-order valence-corrected chi connectivity index (χ0v) is 16.2. The minimum atomic E-state index is -0.355. The van der Waals surface area contributed by atoms with E-state index in [0.29, 0.717) is 17.0 Å². The van der Waals surface area contributed by atoms with Gasteiger partial charge in [0.1, 0.15) is 5.76 Å². The van der Waals surface area contributed by atoms with Crippen LogP contribution in [-0.2, 0) is 4.79 Å². The van der Waals surface area contributed by atoms with Gasteiger partial charge in [-0.05, 0) is 55.5 Å². The molecule has 7 heteroatoms. The first-order chi connectivity index (χ1) is 13.5. The third kappa shape index (κ3) is 5.59. The van der Waals surface area contributed by atoms with Crippen molar-refractivity contribution >= 4 is 35.5 Å². The Balaban J connectivity index is 1.54. The molecule has 0 aliphatic carbocycles. The molecule has 28 heavy (non-hydrogen) atoms. The Kier molecular flexibility index (Phi) is 6.29. The lowest BCUT2D eigenvalue weighted by Gasteiger charge is -2.03. The second-order valence-electron chi connectivity index (χ2n) is 6.03. The molecule has 0 radical (unpaired) electrons. The number of aryl methyl sites for hydroxylation is 1. The molecule has 0 aliphatic heterocycles. The molecule has 3 aromatic rings. The van der Waals surface area contributed by atoms with E-state index in [1.54, 1.807) is 30.3 Å². The number of carbonyl (C=O) groups is 2. The van der Waals surface area contributed by atoms with Crippen LogP contribution >= 0.6 is 11.8 Å². The highest BCUT2D eigenvalue weighted by molar-refractivity contribution is 7.99. The monoisotopic (exact) mass is 393 g/mol. The molecule has 1 aromatic heterocycles. The molecule has 142 valence electrons. The molecular weight excluding hydrogens is 374 g/mol. The van der Waals surface area contributed by atoms with Crippen molar-refractivity contribution in [2.45, 2.75) is 23.8 Å². The van der Waals surface area contributed by atoms with Gasteiger partial charge in [-0.3, -0.25) is 9.59 Å². The van der Waals surface area contributed by atoms with E-state index in [2.05, 4.69) is 15.8 Å². The van der Waals surface area contributed by atoms with Crippen LogP contribution in [0.2, 0.25) is 0 Å².